The lowest BCUT2D eigenvalue weighted by atomic mass is 9.72. The Balaban J connectivity index is 1.75. The zero-order valence-corrected chi connectivity index (χ0v) is 27.9. The first kappa shape index (κ1) is 30.9. The van der Waals surface area contributed by atoms with Gasteiger partial charge in [0.1, 0.15) is 11.6 Å². The third-order valence-electron chi connectivity index (χ3n) is 8.70. The lowest BCUT2D eigenvalue weighted by molar-refractivity contribution is 0.284. The summed E-state index contributed by atoms with van der Waals surface area (Å²) in [6, 6.07) is 24.2. The van der Waals surface area contributed by atoms with Gasteiger partial charge in [-0.15, -0.1) is 0 Å². The normalized spacial score (nSPS) is 13.3. The molecule has 0 radical (unpaired) electrons. The third kappa shape index (κ3) is 6.09. The van der Waals surface area contributed by atoms with E-state index >= 15 is 4.39 Å². The maximum atomic E-state index is 15.5. The van der Waals surface area contributed by atoms with E-state index in [2.05, 4.69) is 117 Å². The van der Waals surface area contributed by atoms with Gasteiger partial charge in [-0.2, -0.15) is 0 Å². The second-order valence-corrected chi connectivity index (χ2v) is 16.4. The smallest absolute Gasteiger partial charge is 0.125 e. The minimum absolute atomic E-state index is 0.000411. The molecule has 3 heteroatoms. The van der Waals surface area contributed by atoms with E-state index in [0.717, 1.165) is 39.5 Å². The molecule has 1 heterocycles. The van der Waals surface area contributed by atoms with Crippen LogP contribution in [0.15, 0.2) is 72.8 Å². The first-order chi connectivity index (χ1) is 19.7. The predicted octanol–water partition coefficient (Wildman–Crippen LogP) is 11.6. The summed E-state index contributed by atoms with van der Waals surface area (Å²) in [5.41, 5.74) is 7.80. The molecule has 1 aromatic heterocycles. The quantitative estimate of drug-likeness (QED) is 0.226. The first-order valence-electron chi connectivity index (χ1n) is 15.5. The van der Waals surface area contributed by atoms with Crippen LogP contribution in [0, 0.1) is 11.2 Å². The van der Waals surface area contributed by atoms with Crippen molar-refractivity contribution in [1.29, 1.82) is 0 Å². The SMILES string of the molecule is CC(C)(C)CC(C)(C)c1ccc(O)c(-c2cc(F)cc(-n3c4ccc(C(C)(C)C)cc4c4cc(C(C)(C)C)ccc43)c2)c1. The van der Waals surface area contributed by atoms with Gasteiger partial charge in [0.25, 0.3) is 0 Å². The molecule has 0 aliphatic rings. The van der Waals surface area contributed by atoms with E-state index < -0.39 is 0 Å². The van der Waals surface area contributed by atoms with Crippen LogP contribution in [0.2, 0.25) is 0 Å². The molecule has 43 heavy (non-hydrogen) atoms. The molecule has 0 spiro atoms. The van der Waals surface area contributed by atoms with Gasteiger partial charge in [-0.25, -0.2) is 4.39 Å². The van der Waals surface area contributed by atoms with Crippen LogP contribution >= 0.6 is 0 Å². The standard InChI is InChI=1S/C40H48FNO/c1-37(2,3)24-40(10,11)28-14-17-36(43)31(22-28)25-18-29(41)23-30(19-25)42-34-15-12-26(38(4,5)6)20-32(34)33-21-27(39(7,8)9)13-16-35(33)42/h12-23,43H,24H2,1-11H3. The van der Waals surface area contributed by atoms with E-state index in [1.165, 1.54) is 17.2 Å². The highest BCUT2D eigenvalue weighted by Gasteiger charge is 2.28. The minimum Gasteiger partial charge on any atom is -0.507 e. The van der Waals surface area contributed by atoms with Gasteiger partial charge in [-0.3, -0.25) is 0 Å². The molecule has 1 N–H and O–H groups in total. The average Bonchev–Trinajstić information content (AvgIpc) is 3.19. The molecule has 226 valence electrons. The minimum atomic E-state index is -0.334. The van der Waals surface area contributed by atoms with Gasteiger partial charge in [0, 0.05) is 22.0 Å². The van der Waals surface area contributed by atoms with Crippen molar-refractivity contribution in [3.05, 3.63) is 95.3 Å². The maximum Gasteiger partial charge on any atom is 0.125 e. The van der Waals surface area contributed by atoms with Crippen molar-refractivity contribution >= 4 is 21.8 Å². The van der Waals surface area contributed by atoms with Crippen molar-refractivity contribution in [3.63, 3.8) is 0 Å². The van der Waals surface area contributed by atoms with E-state index in [-0.39, 0.29) is 33.2 Å². The average molecular weight is 578 g/mol. The van der Waals surface area contributed by atoms with Gasteiger partial charge in [0.15, 0.2) is 0 Å². The van der Waals surface area contributed by atoms with Crippen molar-refractivity contribution in [1.82, 2.24) is 4.57 Å². The van der Waals surface area contributed by atoms with E-state index in [1.807, 2.05) is 18.2 Å². The second-order valence-electron chi connectivity index (χ2n) is 16.4. The Bertz CT molecular complexity index is 1760. The molecule has 2 nitrogen and oxygen atoms in total. The van der Waals surface area contributed by atoms with Crippen molar-refractivity contribution in [3.8, 4) is 22.6 Å². The van der Waals surface area contributed by atoms with Crippen LogP contribution in [-0.4, -0.2) is 9.67 Å². The number of phenolic OH excluding ortho intramolecular Hbond substituents is 1. The number of phenols is 1. The number of rotatable bonds is 4. The van der Waals surface area contributed by atoms with Crippen LogP contribution in [0.4, 0.5) is 4.39 Å². The summed E-state index contributed by atoms with van der Waals surface area (Å²) >= 11 is 0. The topological polar surface area (TPSA) is 25.2 Å². The monoisotopic (exact) mass is 577 g/mol. The van der Waals surface area contributed by atoms with Gasteiger partial charge in [-0.05, 0) is 105 Å². The number of hydrogen-bond donors (Lipinski definition) is 1. The summed E-state index contributed by atoms with van der Waals surface area (Å²) in [6.07, 6.45) is 0.979. The molecule has 0 saturated heterocycles. The molecule has 0 aliphatic heterocycles. The summed E-state index contributed by atoms with van der Waals surface area (Å²) < 4.78 is 17.7. The number of benzene rings is 4. The van der Waals surface area contributed by atoms with Gasteiger partial charge in [-0.1, -0.05) is 94.4 Å². The van der Waals surface area contributed by atoms with E-state index in [9.17, 15) is 5.11 Å². The number of aromatic nitrogens is 1. The fraction of sp³-hybridized carbons (Fsp3) is 0.400. The molecule has 0 amide bonds. The molecule has 0 saturated carbocycles. The molecular formula is C40H48FNO. The first-order valence-corrected chi connectivity index (χ1v) is 15.5. The van der Waals surface area contributed by atoms with Gasteiger partial charge in [0.2, 0.25) is 0 Å². The Hall–Kier alpha value is -3.59. The second kappa shape index (κ2) is 10.3. The third-order valence-corrected chi connectivity index (χ3v) is 8.70. The van der Waals surface area contributed by atoms with Crippen molar-refractivity contribution in [2.45, 2.75) is 98.8 Å². The summed E-state index contributed by atoms with van der Waals surface area (Å²) in [5, 5.41) is 13.3. The number of aromatic hydroxyl groups is 1. The van der Waals surface area contributed by atoms with Crippen molar-refractivity contribution in [2.75, 3.05) is 0 Å². The Kier molecular flexibility index (Phi) is 7.36. The predicted molar refractivity (Wildman–Crippen MR) is 182 cm³/mol. The largest absolute Gasteiger partial charge is 0.507 e. The van der Waals surface area contributed by atoms with E-state index in [0.29, 0.717) is 11.1 Å². The van der Waals surface area contributed by atoms with Crippen molar-refractivity contribution < 1.29 is 9.50 Å². The Morgan fingerprint density at radius 3 is 1.60 bits per heavy atom. The molecule has 0 aliphatic carbocycles. The summed E-state index contributed by atoms with van der Waals surface area (Å²) in [6.45, 7) is 24.6. The zero-order chi connectivity index (χ0) is 31.7. The highest BCUT2D eigenvalue weighted by Crippen LogP contribution is 2.42. The van der Waals surface area contributed by atoms with Crippen LogP contribution in [0.5, 0.6) is 5.75 Å². The molecular weight excluding hydrogens is 529 g/mol. The van der Waals surface area contributed by atoms with Crippen LogP contribution in [0.1, 0.15) is 99.3 Å². The van der Waals surface area contributed by atoms with Crippen LogP contribution in [-0.2, 0) is 16.2 Å². The molecule has 0 fully saturated rings. The summed E-state index contributed by atoms with van der Waals surface area (Å²) in [7, 11) is 0. The van der Waals surface area contributed by atoms with E-state index in [1.54, 1.807) is 12.1 Å². The lowest BCUT2D eigenvalue weighted by Gasteiger charge is -2.33. The number of halogens is 1. The molecule has 4 aromatic carbocycles. The molecule has 0 bridgehead atoms. The van der Waals surface area contributed by atoms with Gasteiger partial charge in [0.05, 0.1) is 11.0 Å². The summed E-state index contributed by atoms with van der Waals surface area (Å²) in [5.74, 6) is -0.183. The van der Waals surface area contributed by atoms with Crippen LogP contribution < -0.4 is 0 Å². The molecule has 0 atom stereocenters. The van der Waals surface area contributed by atoms with Gasteiger partial charge < -0.3 is 9.67 Å². The highest BCUT2D eigenvalue weighted by atomic mass is 19.1. The number of fused-ring (bicyclic) bond motifs is 3. The lowest BCUT2D eigenvalue weighted by Crippen LogP contribution is -2.24. The Morgan fingerprint density at radius 1 is 0.605 bits per heavy atom. The Labute approximate surface area is 257 Å². The van der Waals surface area contributed by atoms with Crippen LogP contribution in [0.25, 0.3) is 38.6 Å². The van der Waals surface area contributed by atoms with E-state index in [4.69, 9.17) is 0 Å². The molecule has 5 aromatic rings. The molecule has 0 unspecified atom stereocenters. The fourth-order valence-electron chi connectivity index (χ4n) is 6.71. The Morgan fingerprint density at radius 2 is 1.12 bits per heavy atom. The van der Waals surface area contributed by atoms with Gasteiger partial charge >= 0.3 is 0 Å². The van der Waals surface area contributed by atoms with Crippen molar-refractivity contribution in [2.24, 2.45) is 5.41 Å². The zero-order valence-electron chi connectivity index (χ0n) is 27.9. The maximum absolute atomic E-state index is 15.5. The molecule has 5 rings (SSSR count). The summed E-state index contributed by atoms with van der Waals surface area (Å²) in [4.78, 5) is 0. The van der Waals surface area contributed by atoms with Crippen LogP contribution in [0.3, 0.4) is 0 Å². The highest BCUT2D eigenvalue weighted by molar-refractivity contribution is 6.10. The number of hydrogen-bond acceptors (Lipinski definition) is 1. The number of nitrogens with zero attached hydrogens (tertiary/aromatic N) is 1. The fourth-order valence-corrected chi connectivity index (χ4v) is 6.71.